The number of nitrogens with zero attached hydrogens (tertiary/aromatic N) is 4. The fourth-order valence-electron chi connectivity index (χ4n) is 13.1. The molecule has 18 nitrogen and oxygen atoms in total. The van der Waals surface area contributed by atoms with Crippen LogP contribution >= 0.6 is 43.5 Å². The normalized spacial score (nSPS) is 10.7. The molecule has 14 rings (SSSR count). The highest BCUT2D eigenvalue weighted by molar-refractivity contribution is 9.10. The zero-order valence-corrected chi connectivity index (χ0v) is 78.5. The summed E-state index contributed by atoms with van der Waals surface area (Å²) in [5.74, 6) is 4.19. The molecule has 0 saturated carbocycles. The Bertz CT molecular complexity index is 6070. The first-order valence-corrected chi connectivity index (χ1v) is 42.8. The molecule has 4 heterocycles. The van der Waals surface area contributed by atoms with Gasteiger partial charge in [0.25, 0.3) is 0 Å². The standard InChI is InChI=1S/C32H33FN2O4.C27H25FN2O2.C21H26FNO3.C12H10BrNO.C7H7BrO.C5H4ClN/c1-20-23(22-17-27(33)26(29(18-22)37-6)19-35-31(36)39-32(3,4)5)11-9-12-24(20)25-13-10-14-28(21(25)2)38-30-15-7-8-16-34-30;1-17-20(19-14-24(28)23(16-29)26(15-19)31-3)8-6-9-21(17)22-10-7-11-25(18(22)2)32-27-12-4-5-13-30-27;1-13-8-7-9-16(14(13)2)15-10-18(22)17(19(11-15)25-6)12-23-20(24)26-21(3,4)5;1-9-10(13)5-4-6-11(9)15-12-7-2-3-8-14-12;1-5-6(8)3-2-4-7(5)9;6-5-3-1-2-4-7-5/h7-18H,19H2,1-6H3,(H,35,36);4-15H,16,29H2,1-3H3;7-11H,12H2,1-6H3,(H,23,24);2-8H,1H3;2-4,9H,1H3;1-4H. The van der Waals surface area contributed by atoms with E-state index in [0.717, 1.165) is 115 Å². The van der Waals surface area contributed by atoms with Crippen LogP contribution in [0.4, 0.5) is 22.8 Å². The summed E-state index contributed by atoms with van der Waals surface area (Å²) in [6.45, 7) is 26.6. The van der Waals surface area contributed by atoms with E-state index in [-0.39, 0.29) is 36.6 Å². The van der Waals surface area contributed by atoms with Gasteiger partial charge in [-0.05, 0) is 289 Å². The summed E-state index contributed by atoms with van der Waals surface area (Å²) < 4.78 is 91.1. The van der Waals surface area contributed by atoms with Crippen LogP contribution in [0.3, 0.4) is 0 Å². The van der Waals surface area contributed by atoms with Crippen molar-refractivity contribution in [2.45, 2.75) is 128 Å². The summed E-state index contributed by atoms with van der Waals surface area (Å²) in [6, 6.07) is 72.9. The van der Waals surface area contributed by atoms with Crippen molar-refractivity contribution in [3.8, 4) is 114 Å². The minimum absolute atomic E-state index is 0.0169. The topological polar surface area (TPSA) is 230 Å². The van der Waals surface area contributed by atoms with Crippen LogP contribution in [0.1, 0.15) is 103 Å². The van der Waals surface area contributed by atoms with Crippen molar-refractivity contribution in [3.63, 3.8) is 0 Å². The van der Waals surface area contributed by atoms with Crippen molar-refractivity contribution in [1.82, 2.24) is 30.6 Å². The molecule has 0 unspecified atom stereocenters. The van der Waals surface area contributed by atoms with Gasteiger partial charge in [0.15, 0.2) is 0 Å². The number of rotatable bonds is 19. The highest BCUT2D eigenvalue weighted by Gasteiger charge is 2.24. The number of alkyl carbamates (subject to hydrolysis) is 2. The van der Waals surface area contributed by atoms with Gasteiger partial charge < -0.3 is 59.4 Å². The lowest BCUT2D eigenvalue weighted by atomic mass is 9.90. The molecule has 128 heavy (non-hydrogen) atoms. The second-order valence-corrected chi connectivity index (χ2v) is 33.2. The van der Waals surface area contributed by atoms with E-state index < -0.39 is 35.0 Å². The van der Waals surface area contributed by atoms with Gasteiger partial charge >= 0.3 is 12.2 Å². The number of amides is 2. The fraction of sp³-hybridized carbons (Fsp3) is 0.212. The van der Waals surface area contributed by atoms with Crippen LogP contribution < -0.4 is 44.8 Å². The van der Waals surface area contributed by atoms with Crippen molar-refractivity contribution >= 4 is 55.6 Å². The molecule has 0 aliphatic carbocycles. The Morgan fingerprint density at radius 2 is 0.695 bits per heavy atom. The Balaban J connectivity index is 0.000000187. The molecule has 10 aromatic carbocycles. The fourth-order valence-corrected chi connectivity index (χ4v) is 13.9. The quantitative estimate of drug-likeness (QED) is 0.0552. The third-order valence-corrected chi connectivity index (χ3v) is 21.9. The maximum Gasteiger partial charge on any atom is 0.407 e. The van der Waals surface area contributed by atoms with E-state index in [0.29, 0.717) is 62.7 Å². The highest BCUT2D eigenvalue weighted by atomic mass is 79.9. The van der Waals surface area contributed by atoms with E-state index in [9.17, 15) is 18.4 Å². The molecule has 0 aliphatic rings. The summed E-state index contributed by atoms with van der Waals surface area (Å²) in [6.07, 6.45) is 5.53. The molecule has 4 aromatic heterocycles. The maximum atomic E-state index is 15.4. The summed E-state index contributed by atoms with van der Waals surface area (Å²) in [7, 11) is 4.49. The van der Waals surface area contributed by atoms with Gasteiger partial charge in [0.1, 0.15) is 74.1 Å². The van der Waals surface area contributed by atoms with E-state index in [1.54, 1.807) is 96.7 Å². The lowest BCUT2D eigenvalue weighted by Gasteiger charge is -2.20. The number of phenolic OH excluding ortho intramolecular Hbond substituents is 1. The SMILES string of the molecule is COc1cc(-c2cccc(-c3cccc(Oc4ccccn4)c3C)c2C)cc(F)c1CN.COc1cc(-c2cccc(-c3cccc(Oc4ccccn4)c3C)c2C)cc(F)c1CNC(=O)OC(C)(C)C.COc1cc(-c2cccc(C)c2C)cc(F)c1CNC(=O)OC(C)(C)C.Cc1c(Br)cccc1Oc1ccccn1.Cc1c(O)cccc1Br.Clc1ccccn1. The van der Waals surface area contributed by atoms with Crippen LogP contribution in [0.5, 0.6) is 57.9 Å². The van der Waals surface area contributed by atoms with Crippen molar-refractivity contribution in [2.75, 3.05) is 21.3 Å². The zero-order valence-electron chi connectivity index (χ0n) is 74.6. The van der Waals surface area contributed by atoms with Crippen molar-refractivity contribution in [1.29, 1.82) is 0 Å². The van der Waals surface area contributed by atoms with E-state index in [2.05, 4.69) is 74.6 Å². The van der Waals surface area contributed by atoms with Gasteiger partial charge in [-0.2, -0.15) is 0 Å². The molecule has 664 valence electrons. The molecule has 0 bridgehead atoms. The first-order chi connectivity index (χ1) is 61.1. The Kier molecular flexibility index (Phi) is 36.2. The van der Waals surface area contributed by atoms with Crippen LogP contribution in [-0.4, -0.2) is 69.8 Å². The van der Waals surface area contributed by atoms with E-state index >= 15 is 4.39 Å². The van der Waals surface area contributed by atoms with Crippen molar-refractivity contribution in [3.05, 3.63) is 354 Å². The Hall–Kier alpha value is -13.1. The van der Waals surface area contributed by atoms with Gasteiger partial charge in [-0.1, -0.05) is 159 Å². The second-order valence-electron chi connectivity index (χ2n) is 31.1. The van der Waals surface area contributed by atoms with Crippen molar-refractivity contribution in [2.24, 2.45) is 5.73 Å². The van der Waals surface area contributed by atoms with Gasteiger partial charge in [-0.3, -0.25) is 0 Å². The van der Waals surface area contributed by atoms with Gasteiger partial charge in [0.2, 0.25) is 17.6 Å². The number of carbonyl (C=O) groups is 2. The molecule has 2 amide bonds. The van der Waals surface area contributed by atoms with E-state index in [1.165, 1.54) is 39.5 Å². The lowest BCUT2D eigenvalue weighted by Crippen LogP contribution is -2.32. The number of nitrogens with two attached hydrogens (primary N) is 1. The summed E-state index contributed by atoms with van der Waals surface area (Å²) in [4.78, 5) is 40.3. The molecule has 24 heteroatoms. The number of halogens is 6. The van der Waals surface area contributed by atoms with Gasteiger partial charge in [0, 0.05) is 86.3 Å². The monoisotopic (exact) mass is 1880 g/mol. The number of nitrogens with one attached hydrogen (secondary N) is 2. The molecular formula is C104H105Br2ClF3N7O11. The van der Waals surface area contributed by atoms with Crippen LogP contribution in [0, 0.1) is 72.8 Å². The Morgan fingerprint density at radius 3 is 1.03 bits per heavy atom. The smallest absolute Gasteiger partial charge is 0.407 e. The number of aromatic nitrogens is 4. The third-order valence-electron chi connectivity index (χ3n) is 19.9. The predicted octanol–water partition coefficient (Wildman–Crippen LogP) is 27.7. The first-order valence-electron chi connectivity index (χ1n) is 40.8. The predicted molar refractivity (Wildman–Crippen MR) is 510 cm³/mol. The maximum absolute atomic E-state index is 15.4. The average molecular weight is 1880 g/mol. The van der Waals surface area contributed by atoms with Crippen LogP contribution in [-0.2, 0) is 29.1 Å². The van der Waals surface area contributed by atoms with E-state index in [1.807, 2.05) is 231 Å². The molecule has 0 fully saturated rings. The van der Waals surface area contributed by atoms with Crippen molar-refractivity contribution < 1.29 is 65.8 Å². The third kappa shape index (κ3) is 28.0. The Labute approximate surface area is 769 Å². The van der Waals surface area contributed by atoms with Crippen LogP contribution in [0.2, 0.25) is 5.15 Å². The molecule has 0 saturated heterocycles. The number of hydrogen-bond acceptors (Lipinski definition) is 16. The first kappa shape index (κ1) is 98.7. The summed E-state index contributed by atoms with van der Waals surface area (Å²) in [5, 5.41) is 14.8. The number of ether oxygens (including phenoxy) is 8. The molecule has 5 N–H and O–H groups in total. The molecule has 0 spiro atoms. The minimum atomic E-state index is -0.651. The zero-order chi connectivity index (χ0) is 92.9. The molecule has 0 aliphatic heterocycles. The van der Waals surface area contributed by atoms with Gasteiger partial charge in [-0.15, -0.1) is 0 Å². The molecule has 0 radical (unpaired) electrons. The number of benzene rings is 10. The second kappa shape index (κ2) is 47.0. The number of aryl methyl sites for hydroxylation is 1. The Morgan fingerprint density at radius 1 is 0.375 bits per heavy atom. The number of hydrogen-bond donors (Lipinski definition) is 4. The number of methoxy groups -OCH3 is 3. The molecule has 14 aromatic rings. The summed E-state index contributed by atoms with van der Waals surface area (Å²) in [5.41, 5.74) is 22.5. The van der Waals surface area contributed by atoms with Crippen LogP contribution in [0.25, 0.3) is 55.6 Å². The lowest BCUT2D eigenvalue weighted by molar-refractivity contribution is 0.0511. The van der Waals surface area contributed by atoms with E-state index in [4.69, 9.17) is 60.3 Å². The number of aromatic hydroxyl groups is 1. The highest BCUT2D eigenvalue weighted by Crippen LogP contribution is 2.43. The van der Waals surface area contributed by atoms with Gasteiger partial charge in [-0.25, -0.2) is 42.7 Å². The average Bonchev–Trinajstić information content (AvgIpc) is 0.786. The molecular weight excluding hydrogens is 1780 g/mol. The summed E-state index contributed by atoms with van der Waals surface area (Å²) >= 11 is 12.2. The molecule has 0 atom stereocenters. The number of pyridine rings is 4. The van der Waals surface area contributed by atoms with Gasteiger partial charge in [0.05, 0.1) is 34.4 Å². The minimum Gasteiger partial charge on any atom is -0.508 e. The number of carbonyl (C=O) groups excluding carboxylic acids is 2. The van der Waals surface area contributed by atoms with Crippen LogP contribution in [0.15, 0.2) is 270 Å². The number of phenols is 1. The largest absolute Gasteiger partial charge is 0.508 e.